The molecule has 0 aliphatic carbocycles. The fraction of sp³-hybridized carbons (Fsp3) is 0.417. The van der Waals surface area contributed by atoms with E-state index >= 15 is 0 Å². The van der Waals surface area contributed by atoms with Gasteiger partial charge in [-0.1, -0.05) is 6.07 Å². The summed E-state index contributed by atoms with van der Waals surface area (Å²) in [6.45, 7) is 7.23. The van der Waals surface area contributed by atoms with Gasteiger partial charge < -0.3 is 25.4 Å². The Balaban J connectivity index is 1.45. The molecule has 0 radical (unpaired) electrons. The number of amides is 2. The highest BCUT2D eigenvalue weighted by molar-refractivity contribution is 5.96. The summed E-state index contributed by atoms with van der Waals surface area (Å²) in [5, 5.41) is 8.83. The van der Waals surface area contributed by atoms with E-state index in [0.717, 1.165) is 25.2 Å². The van der Waals surface area contributed by atoms with Gasteiger partial charge in [0.2, 0.25) is 5.91 Å². The van der Waals surface area contributed by atoms with Crippen LogP contribution in [-0.2, 0) is 9.53 Å². The van der Waals surface area contributed by atoms with Gasteiger partial charge in [0.15, 0.2) is 0 Å². The number of hydrogen-bond donors (Lipinski definition) is 3. The van der Waals surface area contributed by atoms with E-state index in [1.54, 1.807) is 30.3 Å². The Bertz CT molecular complexity index is 884. The van der Waals surface area contributed by atoms with Crippen LogP contribution in [0.25, 0.3) is 0 Å². The van der Waals surface area contributed by atoms with Crippen LogP contribution in [0.1, 0.15) is 44.0 Å². The van der Waals surface area contributed by atoms with Crippen LogP contribution in [0.3, 0.4) is 0 Å². The molecule has 0 aromatic heterocycles. The minimum absolute atomic E-state index is 0.0849. The molecule has 1 aliphatic rings. The van der Waals surface area contributed by atoms with Gasteiger partial charge in [0, 0.05) is 29.1 Å². The monoisotopic (exact) mass is 425 g/mol. The van der Waals surface area contributed by atoms with E-state index in [9.17, 15) is 9.59 Å². The molecule has 0 saturated carbocycles. The van der Waals surface area contributed by atoms with Gasteiger partial charge in [-0.2, -0.15) is 0 Å². The Kier molecular flexibility index (Phi) is 7.52. The quantitative estimate of drug-likeness (QED) is 0.598. The maximum atomic E-state index is 12.3. The summed E-state index contributed by atoms with van der Waals surface area (Å²) in [7, 11) is 0. The predicted molar refractivity (Wildman–Crippen MR) is 122 cm³/mol. The third kappa shape index (κ3) is 7.61. The van der Waals surface area contributed by atoms with Crippen LogP contribution in [-0.4, -0.2) is 43.2 Å². The molecule has 1 unspecified atom stereocenters. The van der Waals surface area contributed by atoms with Crippen LogP contribution in [0.2, 0.25) is 0 Å². The molecule has 0 bridgehead atoms. The van der Waals surface area contributed by atoms with Gasteiger partial charge in [-0.05, 0) is 76.1 Å². The molecule has 1 aliphatic heterocycles. The van der Waals surface area contributed by atoms with Crippen LogP contribution in [0, 0.1) is 0 Å². The summed E-state index contributed by atoms with van der Waals surface area (Å²) in [5.74, 6) is 0.414. The fourth-order valence-corrected chi connectivity index (χ4v) is 3.17. The first-order valence-electron chi connectivity index (χ1n) is 10.6. The molecule has 0 spiro atoms. The lowest BCUT2D eigenvalue weighted by Gasteiger charge is -2.20. The topological polar surface area (TPSA) is 88.7 Å². The maximum Gasteiger partial charge on any atom is 0.251 e. The Hall–Kier alpha value is -3.06. The third-order valence-corrected chi connectivity index (χ3v) is 4.66. The van der Waals surface area contributed by atoms with Gasteiger partial charge >= 0.3 is 0 Å². The summed E-state index contributed by atoms with van der Waals surface area (Å²) >= 11 is 0. The van der Waals surface area contributed by atoms with Gasteiger partial charge in [-0.15, -0.1) is 0 Å². The number of carbonyl (C=O) groups is 2. The Morgan fingerprint density at radius 3 is 2.55 bits per heavy atom. The molecule has 7 heteroatoms. The van der Waals surface area contributed by atoms with Gasteiger partial charge in [0.1, 0.15) is 12.4 Å². The molecule has 1 atom stereocenters. The molecule has 1 fully saturated rings. The smallest absolute Gasteiger partial charge is 0.251 e. The van der Waals surface area contributed by atoms with Crippen LogP contribution < -0.4 is 20.7 Å². The predicted octanol–water partition coefficient (Wildman–Crippen LogP) is 3.82. The second kappa shape index (κ2) is 10.3. The summed E-state index contributed by atoms with van der Waals surface area (Å²) in [4.78, 5) is 24.6. The van der Waals surface area contributed by atoms with Gasteiger partial charge in [0.25, 0.3) is 5.91 Å². The summed E-state index contributed by atoms with van der Waals surface area (Å²) in [6.07, 6.45) is 2.29. The van der Waals surface area contributed by atoms with E-state index < -0.39 is 0 Å². The van der Waals surface area contributed by atoms with E-state index in [2.05, 4.69) is 16.0 Å². The highest BCUT2D eigenvalue weighted by atomic mass is 16.5. The van der Waals surface area contributed by atoms with Crippen LogP contribution in [0.4, 0.5) is 11.4 Å². The average Bonchev–Trinajstić information content (AvgIpc) is 3.24. The van der Waals surface area contributed by atoms with Crippen LogP contribution >= 0.6 is 0 Å². The first-order chi connectivity index (χ1) is 14.8. The summed E-state index contributed by atoms with van der Waals surface area (Å²) in [6, 6.07) is 14.4. The summed E-state index contributed by atoms with van der Waals surface area (Å²) < 4.78 is 11.3. The van der Waals surface area contributed by atoms with Crippen molar-refractivity contribution >= 4 is 23.2 Å². The van der Waals surface area contributed by atoms with E-state index in [-0.39, 0.29) is 30.0 Å². The minimum Gasteiger partial charge on any atom is -0.491 e. The number of benzene rings is 2. The Morgan fingerprint density at radius 1 is 1.10 bits per heavy atom. The van der Waals surface area contributed by atoms with Crippen molar-refractivity contribution in [2.24, 2.45) is 0 Å². The standard InChI is InChI=1S/C24H31N3O4/c1-24(2,3)27-23(29)17-6-4-7-19(14-17)25-15-22(28)26-18-9-11-20(12-10-18)31-16-21-8-5-13-30-21/h4,6-7,9-12,14,21,25H,5,8,13,15-16H2,1-3H3,(H,26,28)(H,27,29). The molecule has 2 aromatic rings. The van der Waals surface area contributed by atoms with Gasteiger partial charge in [-0.3, -0.25) is 9.59 Å². The SMILES string of the molecule is CC(C)(C)NC(=O)c1cccc(NCC(=O)Nc2ccc(OCC3CCCO3)cc2)c1. The lowest BCUT2D eigenvalue weighted by Crippen LogP contribution is -2.40. The molecule has 2 amide bonds. The van der Waals surface area contributed by atoms with Crippen molar-refractivity contribution in [3.05, 3.63) is 54.1 Å². The second-order valence-corrected chi connectivity index (χ2v) is 8.66. The van der Waals surface area contributed by atoms with E-state index in [4.69, 9.17) is 9.47 Å². The molecule has 7 nitrogen and oxygen atoms in total. The molecule has 1 saturated heterocycles. The minimum atomic E-state index is -0.314. The number of hydrogen-bond acceptors (Lipinski definition) is 5. The van der Waals surface area contributed by atoms with Gasteiger partial charge in [-0.25, -0.2) is 0 Å². The first-order valence-corrected chi connectivity index (χ1v) is 10.6. The average molecular weight is 426 g/mol. The van der Waals surface area contributed by atoms with Crippen molar-refractivity contribution in [3.8, 4) is 5.75 Å². The Labute approximate surface area is 183 Å². The lowest BCUT2D eigenvalue weighted by atomic mass is 10.1. The number of carbonyl (C=O) groups excluding carboxylic acids is 2. The highest BCUT2D eigenvalue weighted by Gasteiger charge is 2.16. The van der Waals surface area contributed by atoms with E-state index in [1.165, 1.54) is 0 Å². The zero-order valence-electron chi connectivity index (χ0n) is 18.4. The Morgan fingerprint density at radius 2 is 1.87 bits per heavy atom. The lowest BCUT2D eigenvalue weighted by molar-refractivity contribution is -0.114. The maximum absolute atomic E-state index is 12.3. The molecule has 2 aromatic carbocycles. The normalized spacial score (nSPS) is 15.9. The second-order valence-electron chi connectivity index (χ2n) is 8.66. The molecule has 166 valence electrons. The van der Waals surface area contributed by atoms with Crippen molar-refractivity contribution < 1.29 is 19.1 Å². The number of ether oxygens (including phenoxy) is 2. The highest BCUT2D eigenvalue weighted by Crippen LogP contribution is 2.18. The fourth-order valence-electron chi connectivity index (χ4n) is 3.17. The molecule has 3 rings (SSSR count). The number of rotatable bonds is 8. The van der Waals surface area contributed by atoms with Crippen molar-refractivity contribution in [1.82, 2.24) is 5.32 Å². The zero-order chi connectivity index (χ0) is 22.3. The van der Waals surface area contributed by atoms with Crippen LogP contribution in [0.5, 0.6) is 5.75 Å². The van der Waals surface area contributed by atoms with Gasteiger partial charge in [0.05, 0.1) is 12.6 Å². The molecule has 3 N–H and O–H groups in total. The van der Waals surface area contributed by atoms with Crippen molar-refractivity contribution in [1.29, 1.82) is 0 Å². The molecular weight excluding hydrogens is 394 g/mol. The molecule has 1 heterocycles. The number of nitrogens with one attached hydrogen (secondary N) is 3. The van der Waals surface area contributed by atoms with Crippen molar-refractivity contribution in [3.63, 3.8) is 0 Å². The van der Waals surface area contributed by atoms with E-state index in [1.807, 2.05) is 39.0 Å². The molecule has 31 heavy (non-hydrogen) atoms. The van der Waals surface area contributed by atoms with E-state index in [0.29, 0.717) is 23.5 Å². The van der Waals surface area contributed by atoms with Crippen molar-refractivity contribution in [2.75, 3.05) is 30.4 Å². The van der Waals surface area contributed by atoms with Crippen molar-refractivity contribution in [2.45, 2.75) is 45.3 Å². The largest absolute Gasteiger partial charge is 0.491 e. The molecular formula is C24H31N3O4. The summed E-state index contributed by atoms with van der Waals surface area (Å²) in [5.41, 5.74) is 1.62. The third-order valence-electron chi connectivity index (χ3n) is 4.66. The van der Waals surface area contributed by atoms with Crippen LogP contribution in [0.15, 0.2) is 48.5 Å². The zero-order valence-corrected chi connectivity index (χ0v) is 18.4. The first kappa shape index (κ1) is 22.6. The number of anilines is 2.